The van der Waals surface area contributed by atoms with Crippen LogP contribution in [0.5, 0.6) is 5.75 Å². The Morgan fingerprint density at radius 3 is 2.52 bits per heavy atom. The fourth-order valence-electron chi connectivity index (χ4n) is 3.49. The van der Waals surface area contributed by atoms with E-state index in [4.69, 9.17) is 14.1 Å². The summed E-state index contributed by atoms with van der Waals surface area (Å²) < 4.78 is 15.6. The zero-order valence-corrected chi connectivity index (χ0v) is 18.2. The molecule has 0 fully saturated rings. The van der Waals surface area contributed by atoms with Gasteiger partial charge in [0, 0.05) is 25.1 Å². The SMILES string of the molecule is CCC(CC)C(=O)OCOC(=O)c1cccc2c1OB(O)[C@@H](CC(=O)CCC(C)=O)C2. The lowest BCUT2D eigenvalue weighted by molar-refractivity contribution is -0.157. The van der Waals surface area contributed by atoms with E-state index in [1.807, 2.05) is 13.8 Å². The molecule has 0 amide bonds. The molecule has 1 aliphatic rings. The molecule has 0 unspecified atom stereocenters. The van der Waals surface area contributed by atoms with Gasteiger partial charge >= 0.3 is 19.1 Å². The van der Waals surface area contributed by atoms with Gasteiger partial charge in [-0.1, -0.05) is 26.0 Å². The molecule has 1 N–H and O–H groups in total. The van der Waals surface area contributed by atoms with Crippen molar-refractivity contribution in [3.05, 3.63) is 29.3 Å². The van der Waals surface area contributed by atoms with Crippen LogP contribution in [0.1, 0.15) is 68.8 Å². The molecular weight excluding hydrogens is 403 g/mol. The molecule has 0 saturated heterocycles. The minimum atomic E-state index is -1.27. The van der Waals surface area contributed by atoms with Crippen LogP contribution in [0, 0.1) is 5.92 Å². The molecule has 1 atom stereocenters. The summed E-state index contributed by atoms with van der Waals surface area (Å²) in [5.41, 5.74) is 0.773. The molecule has 168 valence electrons. The van der Waals surface area contributed by atoms with Crippen LogP contribution >= 0.6 is 0 Å². The molecule has 2 rings (SSSR count). The van der Waals surface area contributed by atoms with Gasteiger partial charge in [-0.15, -0.1) is 0 Å². The first-order chi connectivity index (χ1) is 14.8. The Morgan fingerprint density at radius 2 is 1.87 bits per heavy atom. The maximum absolute atomic E-state index is 12.5. The van der Waals surface area contributed by atoms with E-state index < -0.39 is 31.7 Å². The number of ketones is 2. The molecule has 0 bridgehead atoms. The number of Topliss-reactive ketones (excluding diaryl/α,β-unsaturated/α-hetero) is 2. The van der Waals surface area contributed by atoms with E-state index in [1.54, 1.807) is 12.1 Å². The van der Waals surface area contributed by atoms with E-state index in [9.17, 15) is 24.2 Å². The summed E-state index contributed by atoms with van der Waals surface area (Å²) in [6.07, 6.45) is 2.01. The normalized spacial score (nSPS) is 15.1. The molecule has 9 heteroatoms. The van der Waals surface area contributed by atoms with Crippen molar-refractivity contribution < 1.29 is 38.3 Å². The first-order valence-corrected chi connectivity index (χ1v) is 10.6. The predicted molar refractivity (Wildman–Crippen MR) is 112 cm³/mol. The van der Waals surface area contributed by atoms with Crippen LogP contribution in [0.4, 0.5) is 0 Å². The fraction of sp³-hybridized carbons (Fsp3) is 0.545. The van der Waals surface area contributed by atoms with E-state index in [2.05, 4.69) is 0 Å². The van der Waals surface area contributed by atoms with Gasteiger partial charge in [-0.2, -0.15) is 0 Å². The van der Waals surface area contributed by atoms with E-state index in [-0.39, 0.29) is 48.1 Å². The number of hydrogen-bond donors (Lipinski definition) is 1. The Labute approximate surface area is 182 Å². The van der Waals surface area contributed by atoms with Gasteiger partial charge in [-0.3, -0.25) is 9.59 Å². The van der Waals surface area contributed by atoms with Gasteiger partial charge in [0.25, 0.3) is 0 Å². The first-order valence-electron chi connectivity index (χ1n) is 10.6. The van der Waals surface area contributed by atoms with Gasteiger partial charge < -0.3 is 23.9 Å². The van der Waals surface area contributed by atoms with Crippen LogP contribution in [0.3, 0.4) is 0 Å². The van der Waals surface area contributed by atoms with Gasteiger partial charge in [-0.05, 0) is 37.8 Å². The third-order valence-corrected chi connectivity index (χ3v) is 5.40. The highest BCUT2D eigenvalue weighted by Gasteiger charge is 2.37. The Kier molecular flexibility index (Phi) is 9.24. The lowest BCUT2D eigenvalue weighted by atomic mass is 9.64. The summed E-state index contributed by atoms with van der Waals surface area (Å²) in [6.45, 7) is 4.68. The van der Waals surface area contributed by atoms with Crippen LogP contribution in [0.15, 0.2) is 18.2 Å². The zero-order valence-electron chi connectivity index (χ0n) is 18.2. The number of fused-ring (bicyclic) bond motifs is 1. The largest absolute Gasteiger partial charge is 0.535 e. The number of ether oxygens (including phenoxy) is 2. The zero-order chi connectivity index (χ0) is 23.0. The molecule has 0 radical (unpaired) electrons. The summed E-state index contributed by atoms with van der Waals surface area (Å²) in [5, 5.41) is 10.3. The second kappa shape index (κ2) is 11.6. The lowest BCUT2D eigenvalue weighted by Gasteiger charge is -2.28. The van der Waals surface area contributed by atoms with Crippen LogP contribution in [-0.4, -0.2) is 42.4 Å². The number of carbonyl (C=O) groups is 4. The van der Waals surface area contributed by atoms with Crippen molar-refractivity contribution in [2.24, 2.45) is 5.92 Å². The number of benzene rings is 1. The maximum atomic E-state index is 12.5. The summed E-state index contributed by atoms with van der Waals surface area (Å²) in [6, 6.07) is 4.90. The molecule has 0 aromatic heterocycles. The average Bonchev–Trinajstić information content (AvgIpc) is 2.73. The Balaban J connectivity index is 1.99. The number of rotatable bonds is 11. The molecular formula is C22H29BO8. The third kappa shape index (κ3) is 6.92. The summed E-state index contributed by atoms with van der Waals surface area (Å²) in [7, 11) is -1.27. The molecule has 1 aliphatic heterocycles. The van der Waals surface area contributed by atoms with Gasteiger partial charge in [0.05, 0.1) is 5.92 Å². The van der Waals surface area contributed by atoms with Gasteiger partial charge in [-0.25, -0.2) is 4.79 Å². The highest BCUT2D eigenvalue weighted by Crippen LogP contribution is 2.36. The van der Waals surface area contributed by atoms with Crippen LogP contribution in [0.2, 0.25) is 5.82 Å². The highest BCUT2D eigenvalue weighted by molar-refractivity contribution is 6.47. The summed E-state index contributed by atoms with van der Waals surface area (Å²) >= 11 is 0. The topological polar surface area (TPSA) is 116 Å². The molecule has 8 nitrogen and oxygen atoms in total. The molecule has 1 aromatic rings. The Bertz CT molecular complexity index is 818. The third-order valence-electron chi connectivity index (χ3n) is 5.40. The second-order valence-corrected chi connectivity index (χ2v) is 7.74. The van der Waals surface area contributed by atoms with Gasteiger partial charge in [0.2, 0.25) is 6.79 Å². The molecule has 0 saturated carbocycles. The number of hydrogen-bond acceptors (Lipinski definition) is 8. The van der Waals surface area contributed by atoms with E-state index in [0.717, 1.165) is 0 Å². The van der Waals surface area contributed by atoms with Gasteiger partial charge in [0.15, 0.2) is 0 Å². The fourth-order valence-corrected chi connectivity index (χ4v) is 3.49. The van der Waals surface area contributed by atoms with Gasteiger partial charge in [0.1, 0.15) is 22.9 Å². The van der Waals surface area contributed by atoms with E-state index in [1.165, 1.54) is 13.0 Å². The molecule has 31 heavy (non-hydrogen) atoms. The van der Waals surface area contributed by atoms with Crippen molar-refractivity contribution in [3.63, 3.8) is 0 Å². The predicted octanol–water partition coefficient (Wildman–Crippen LogP) is 2.89. The van der Waals surface area contributed by atoms with E-state index >= 15 is 0 Å². The number of carbonyl (C=O) groups excluding carboxylic acids is 4. The summed E-state index contributed by atoms with van der Waals surface area (Å²) in [5.74, 6) is -1.86. The minimum absolute atomic E-state index is 0.0621. The van der Waals surface area contributed by atoms with Crippen molar-refractivity contribution >= 4 is 30.6 Å². The lowest BCUT2D eigenvalue weighted by Crippen LogP contribution is -2.36. The molecule has 1 heterocycles. The molecule has 0 aliphatic carbocycles. The van der Waals surface area contributed by atoms with Crippen molar-refractivity contribution in [1.82, 2.24) is 0 Å². The molecule has 1 aromatic carbocycles. The molecule has 0 spiro atoms. The van der Waals surface area contributed by atoms with Crippen molar-refractivity contribution in [3.8, 4) is 5.75 Å². The van der Waals surface area contributed by atoms with Crippen LogP contribution in [-0.2, 0) is 30.3 Å². The standard InChI is InChI=1S/C22H29BO8/c1-4-15(5-2)21(26)29-13-30-22(27)19-8-6-7-16-11-17(23(28)31-20(16)19)12-18(25)10-9-14(3)24/h6-8,15,17,28H,4-5,9-13H2,1-3H3/t17-/m1/s1. The van der Waals surface area contributed by atoms with Crippen molar-refractivity contribution in [2.75, 3.05) is 6.79 Å². The number of para-hydroxylation sites is 1. The average molecular weight is 432 g/mol. The quantitative estimate of drug-likeness (QED) is 0.322. The number of esters is 2. The first kappa shape index (κ1) is 24.6. The monoisotopic (exact) mass is 432 g/mol. The Hall–Kier alpha value is -2.68. The van der Waals surface area contributed by atoms with E-state index in [0.29, 0.717) is 24.8 Å². The smallest absolute Gasteiger partial charge is 0.526 e. The minimum Gasteiger partial charge on any atom is -0.535 e. The van der Waals surface area contributed by atoms with Crippen molar-refractivity contribution in [1.29, 1.82) is 0 Å². The summed E-state index contributed by atoms with van der Waals surface area (Å²) in [4.78, 5) is 47.5. The Morgan fingerprint density at radius 1 is 1.16 bits per heavy atom. The maximum Gasteiger partial charge on any atom is 0.526 e. The highest BCUT2D eigenvalue weighted by atomic mass is 16.7. The van der Waals surface area contributed by atoms with Crippen LogP contribution in [0.25, 0.3) is 0 Å². The second-order valence-electron chi connectivity index (χ2n) is 7.74. The van der Waals surface area contributed by atoms with Crippen LogP contribution < -0.4 is 4.65 Å². The van der Waals surface area contributed by atoms with Crippen molar-refractivity contribution in [2.45, 2.75) is 65.1 Å².